The zero-order valence-electron chi connectivity index (χ0n) is 15.9. The third-order valence-electron chi connectivity index (χ3n) is 5.37. The Balaban J connectivity index is 1.29. The lowest BCUT2D eigenvalue weighted by Gasteiger charge is -2.16. The zero-order chi connectivity index (χ0) is 20.4. The monoisotopic (exact) mass is 419 g/mol. The minimum atomic E-state index is -3.65. The zero-order valence-corrected chi connectivity index (χ0v) is 16.7. The molecule has 1 unspecified atom stereocenters. The normalized spacial score (nSPS) is 17.9. The Bertz CT molecular complexity index is 1100. The molecule has 1 saturated heterocycles. The van der Waals surface area contributed by atoms with Crippen molar-refractivity contribution in [1.82, 2.24) is 14.6 Å². The highest BCUT2D eigenvalue weighted by atomic mass is 32.2. The lowest BCUT2D eigenvalue weighted by molar-refractivity contribution is 0.327. The van der Waals surface area contributed by atoms with Gasteiger partial charge in [-0.25, -0.2) is 21.9 Å². The average molecular weight is 419 g/mol. The molecule has 2 heterocycles. The van der Waals surface area contributed by atoms with Crippen molar-refractivity contribution in [2.75, 3.05) is 19.6 Å². The summed E-state index contributed by atoms with van der Waals surface area (Å²) in [6, 6.07) is 9.41. The first kappa shape index (κ1) is 20.0. The Morgan fingerprint density at radius 3 is 2.66 bits per heavy atom. The fourth-order valence-electron chi connectivity index (χ4n) is 3.88. The Morgan fingerprint density at radius 2 is 1.86 bits per heavy atom. The molecule has 0 amide bonds. The molecule has 3 aromatic rings. The maximum absolute atomic E-state index is 13.5. The lowest BCUT2D eigenvalue weighted by atomic mass is 10.1. The molecule has 1 aromatic heterocycles. The molecule has 2 aromatic carbocycles. The van der Waals surface area contributed by atoms with Crippen molar-refractivity contribution in [3.8, 4) is 0 Å². The number of nitrogens with zero attached hydrogens (tertiary/aromatic N) is 1. The summed E-state index contributed by atoms with van der Waals surface area (Å²) in [7, 11) is -3.65. The van der Waals surface area contributed by atoms with Gasteiger partial charge in [0.2, 0.25) is 10.0 Å². The molecule has 1 fully saturated rings. The predicted octanol–water partition coefficient (Wildman–Crippen LogP) is 3.43. The number of fused-ring (bicyclic) bond motifs is 1. The molecule has 4 rings (SSSR count). The van der Waals surface area contributed by atoms with Crippen molar-refractivity contribution < 1.29 is 17.2 Å². The van der Waals surface area contributed by atoms with E-state index < -0.39 is 15.8 Å². The molecule has 0 radical (unpaired) electrons. The van der Waals surface area contributed by atoms with Crippen LogP contribution in [0, 0.1) is 11.6 Å². The van der Waals surface area contributed by atoms with Gasteiger partial charge in [0.05, 0.1) is 4.90 Å². The standard InChI is InChI=1S/C21H23F2N3O2S/c22-16-3-6-19(7-4-16)29(27,28)25-18-9-11-26(14-18)10-1-2-15-13-24-21-8-5-17(23)12-20(15)21/h3-8,12-13,18,24-25H,1-2,9-11,14H2. The number of aromatic amines is 1. The molecule has 0 spiro atoms. The third-order valence-corrected chi connectivity index (χ3v) is 6.90. The largest absolute Gasteiger partial charge is 0.361 e. The molecule has 29 heavy (non-hydrogen) atoms. The summed E-state index contributed by atoms with van der Waals surface area (Å²) < 4.78 is 54.1. The summed E-state index contributed by atoms with van der Waals surface area (Å²) in [5.41, 5.74) is 2.02. The first-order valence-electron chi connectivity index (χ1n) is 9.66. The second-order valence-corrected chi connectivity index (χ2v) is 9.18. The summed E-state index contributed by atoms with van der Waals surface area (Å²) in [4.78, 5) is 5.47. The number of nitrogens with one attached hydrogen (secondary N) is 2. The Labute approximate surface area is 168 Å². The van der Waals surface area contributed by atoms with Gasteiger partial charge in [0.25, 0.3) is 0 Å². The molecule has 0 aliphatic carbocycles. The van der Waals surface area contributed by atoms with Crippen LogP contribution in [0.1, 0.15) is 18.4 Å². The first-order chi connectivity index (χ1) is 13.9. The summed E-state index contributed by atoms with van der Waals surface area (Å²) in [6.07, 6.45) is 4.39. The lowest BCUT2D eigenvalue weighted by Crippen LogP contribution is -2.37. The maximum Gasteiger partial charge on any atom is 0.240 e. The van der Waals surface area contributed by atoms with E-state index >= 15 is 0 Å². The summed E-state index contributed by atoms with van der Waals surface area (Å²) in [6.45, 7) is 2.30. The van der Waals surface area contributed by atoms with E-state index in [9.17, 15) is 17.2 Å². The van der Waals surface area contributed by atoms with Crippen LogP contribution in [0.25, 0.3) is 10.9 Å². The van der Waals surface area contributed by atoms with Crippen LogP contribution in [-0.4, -0.2) is 44.0 Å². The van der Waals surface area contributed by atoms with Crippen molar-refractivity contribution in [3.05, 3.63) is 65.9 Å². The highest BCUT2D eigenvalue weighted by Gasteiger charge is 2.27. The molecule has 8 heteroatoms. The van der Waals surface area contributed by atoms with Crippen LogP contribution < -0.4 is 4.72 Å². The molecular formula is C21H23F2N3O2S. The second-order valence-electron chi connectivity index (χ2n) is 7.47. The van der Waals surface area contributed by atoms with E-state index in [0.717, 1.165) is 61.0 Å². The van der Waals surface area contributed by atoms with E-state index in [2.05, 4.69) is 14.6 Å². The van der Waals surface area contributed by atoms with Crippen LogP contribution in [0.3, 0.4) is 0 Å². The highest BCUT2D eigenvalue weighted by molar-refractivity contribution is 7.89. The fraction of sp³-hybridized carbons (Fsp3) is 0.333. The smallest absolute Gasteiger partial charge is 0.240 e. The van der Waals surface area contributed by atoms with Crippen molar-refractivity contribution >= 4 is 20.9 Å². The number of benzene rings is 2. The molecule has 1 aliphatic rings. The number of hydrogen-bond acceptors (Lipinski definition) is 3. The maximum atomic E-state index is 13.5. The van der Waals surface area contributed by atoms with E-state index in [1.54, 1.807) is 12.1 Å². The molecule has 154 valence electrons. The highest BCUT2D eigenvalue weighted by Crippen LogP contribution is 2.21. The van der Waals surface area contributed by atoms with Gasteiger partial charge in [0.15, 0.2) is 0 Å². The van der Waals surface area contributed by atoms with E-state index in [1.165, 1.54) is 18.2 Å². The van der Waals surface area contributed by atoms with Crippen LogP contribution in [-0.2, 0) is 16.4 Å². The van der Waals surface area contributed by atoms with Crippen LogP contribution >= 0.6 is 0 Å². The fourth-order valence-corrected chi connectivity index (χ4v) is 5.15. The van der Waals surface area contributed by atoms with E-state index in [0.29, 0.717) is 6.54 Å². The van der Waals surface area contributed by atoms with Gasteiger partial charge in [0.1, 0.15) is 11.6 Å². The number of sulfonamides is 1. The van der Waals surface area contributed by atoms with Gasteiger partial charge in [-0.1, -0.05) is 0 Å². The van der Waals surface area contributed by atoms with Gasteiger partial charge >= 0.3 is 0 Å². The van der Waals surface area contributed by atoms with Gasteiger partial charge in [-0.2, -0.15) is 0 Å². The van der Waals surface area contributed by atoms with Gasteiger partial charge in [0, 0.05) is 29.7 Å². The predicted molar refractivity (Wildman–Crippen MR) is 108 cm³/mol. The van der Waals surface area contributed by atoms with Crippen LogP contribution in [0.15, 0.2) is 53.6 Å². The molecule has 2 N–H and O–H groups in total. The summed E-state index contributed by atoms with van der Waals surface area (Å²) >= 11 is 0. The first-order valence-corrected chi connectivity index (χ1v) is 11.1. The second kappa shape index (κ2) is 8.22. The molecule has 0 bridgehead atoms. The van der Waals surface area contributed by atoms with Gasteiger partial charge in [-0.15, -0.1) is 0 Å². The number of aromatic nitrogens is 1. The van der Waals surface area contributed by atoms with Crippen LogP contribution in [0.4, 0.5) is 8.78 Å². The Kier molecular flexibility index (Phi) is 5.67. The number of hydrogen-bond donors (Lipinski definition) is 2. The van der Waals surface area contributed by atoms with E-state index in [4.69, 9.17) is 0 Å². The van der Waals surface area contributed by atoms with Gasteiger partial charge < -0.3 is 9.88 Å². The van der Waals surface area contributed by atoms with Crippen LogP contribution in [0.2, 0.25) is 0 Å². The summed E-state index contributed by atoms with van der Waals surface area (Å²) in [5, 5.41) is 0.913. The van der Waals surface area contributed by atoms with Crippen molar-refractivity contribution in [3.63, 3.8) is 0 Å². The van der Waals surface area contributed by atoms with E-state index in [-0.39, 0.29) is 16.8 Å². The summed E-state index contributed by atoms with van der Waals surface area (Å²) in [5.74, 6) is -0.705. The van der Waals surface area contributed by atoms with Crippen molar-refractivity contribution in [2.24, 2.45) is 0 Å². The molecular weight excluding hydrogens is 396 g/mol. The topological polar surface area (TPSA) is 65.2 Å². The number of halogens is 2. The SMILES string of the molecule is O=S(=O)(NC1CCN(CCCc2c[nH]c3ccc(F)cc23)C1)c1ccc(F)cc1. The minimum Gasteiger partial charge on any atom is -0.361 e. The third kappa shape index (κ3) is 4.66. The molecule has 5 nitrogen and oxygen atoms in total. The Morgan fingerprint density at radius 1 is 1.10 bits per heavy atom. The molecule has 1 atom stereocenters. The van der Waals surface area contributed by atoms with Gasteiger partial charge in [-0.3, -0.25) is 0 Å². The number of likely N-dealkylation sites (tertiary alicyclic amines) is 1. The Hall–Kier alpha value is -2.29. The van der Waals surface area contributed by atoms with E-state index in [1.807, 2.05) is 6.20 Å². The number of rotatable bonds is 7. The molecule has 0 saturated carbocycles. The van der Waals surface area contributed by atoms with Crippen LogP contribution in [0.5, 0.6) is 0 Å². The molecule has 1 aliphatic heterocycles. The van der Waals surface area contributed by atoms with Gasteiger partial charge in [-0.05, 0) is 80.4 Å². The quantitative estimate of drug-likeness (QED) is 0.617. The van der Waals surface area contributed by atoms with Crippen molar-refractivity contribution in [2.45, 2.75) is 30.2 Å². The number of aryl methyl sites for hydroxylation is 1. The minimum absolute atomic E-state index is 0.0731. The number of H-pyrrole nitrogens is 1. The average Bonchev–Trinajstić information content (AvgIpc) is 3.28. The van der Waals surface area contributed by atoms with Crippen molar-refractivity contribution in [1.29, 1.82) is 0 Å².